The van der Waals surface area contributed by atoms with Gasteiger partial charge in [-0.2, -0.15) is 5.10 Å². The van der Waals surface area contributed by atoms with Gasteiger partial charge in [-0.15, -0.1) is 0 Å². The van der Waals surface area contributed by atoms with Crippen LogP contribution in [0.25, 0.3) is 22.3 Å². The maximum absolute atomic E-state index is 4.69. The highest BCUT2D eigenvalue weighted by atomic mass is 15.3. The van der Waals surface area contributed by atoms with Gasteiger partial charge in [0, 0.05) is 11.8 Å². The molecule has 4 heteroatoms. The average molecular weight is 346 g/mol. The molecule has 26 heavy (non-hydrogen) atoms. The SMILES string of the molecule is CC/C=C\C(=C/Cn1cc(-c2cnc3ccccc3n2)cn1)C(C)(C)C. The van der Waals surface area contributed by atoms with E-state index in [1.807, 2.05) is 47.5 Å². The summed E-state index contributed by atoms with van der Waals surface area (Å²) in [6.45, 7) is 9.59. The van der Waals surface area contributed by atoms with Gasteiger partial charge in [-0.05, 0) is 29.5 Å². The molecule has 0 aliphatic carbocycles. The molecule has 1 aromatic carbocycles. The van der Waals surface area contributed by atoms with E-state index < -0.39 is 0 Å². The summed E-state index contributed by atoms with van der Waals surface area (Å²) < 4.78 is 1.94. The van der Waals surface area contributed by atoms with E-state index >= 15 is 0 Å². The van der Waals surface area contributed by atoms with Crippen LogP contribution in [0.15, 0.2) is 66.7 Å². The summed E-state index contributed by atoms with van der Waals surface area (Å²) in [6.07, 6.45) is 13.4. The smallest absolute Gasteiger partial charge is 0.0924 e. The third-order valence-electron chi connectivity index (χ3n) is 4.27. The normalized spacial score (nSPS) is 13.0. The highest BCUT2D eigenvalue weighted by Crippen LogP contribution is 2.26. The molecule has 4 nitrogen and oxygen atoms in total. The topological polar surface area (TPSA) is 43.6 Å². The highest BCUT2D eigenvalue weighted by molar-refractivity contribution is 5.76. The van der Waals surface area contributed by atoms with Crippen LogP contribution in [0.1, 0.15) is 34.1 Å². The first-order valence-corrected chi connectivity index (χ1v) is 9.09. The summed E-state index contributed by atoms with van der Waals surface area (Å²) in [5.74, 6) is 0. The molecule has 0 saturated carbocycles. The van der Waals surface area contributed by atoms with Gasteiger partial charge in [0.05, 0.1) is 35.7 Å². The van der Waals surface area contributed by atoms with Crippen LogP contribution in [0.4, 0.5) is 0 Å². The molecule has 0 atom stereocenters. The van der Waals surface area contributed by atoms with E-state index in [4.69, 9.17) is 4.98 Å². The second-order valence-electron chi connectivity index (χ2n) is 7.42. The number of aromatic nitrogens is 4. The highest BCUT2D eigenvalue weighted by Gasteiger charge is 2.14. The summed E-state index contributed by atoms with van der Waals surface area (Å²) in [6, 6.07) is 7.90. The van der Waals surface area contributed by atoms with Crippen LogP contribution in [0.5, 0.6) is 0 Å². The lowest BCUT2D eigenvalue weighted by molar-refractivity contribution is 0.511. The van der Waals surface area contributed by atoms with Crippen LogP contribution in [0.3, 0.4) is 0 Å². The third-order valence-corrected chi connectivity index (χ3v) is 4.27. The predicted octanol–water partition coefficient (Wildman–Crippen LogP) is 5.43. The first-order valence-electron chi connectivity index (χ1n) is 9.09. The quantitative estimate of drug-likeness (QED) is 0.578. The van der Waals surface area contributed by atoms with Crippen molar-refractivity contribution >= 4 is 11.0 Å². The molecule has 0 unspecified atom stereocenters. The number of hydrogen-bond donors (Lipinski definition) is 0. The van der Waals surface area contributed by atoms with Crippen molar-refractivity contribution in [2.24, 2.45) is 5.41 Å². The van der Waals surface area contributed by atoms with Crippen molar-refractivity contribution in [1.29, 1.82) is 0 Å². The van der Waals surface area contributed by atoms with Crippen LogP contribution in [0, 0.1) is 5.41 Å². The Morgan fingerprint density at radius 3 is 2.62 bits per heavy atom. The summed E-state index contributed by atoms with van der Waals surface area (Å²) in [4.78, 5) is 9.18. The van der Waals surface area contributed by atoms with Crippen molar-refractivity contribution in [3.05, 3.63) is 66.7 Å². The van der Waals surface area contributed by atoms with Crippen LogP contribution in [-0.4, -0.2) is 19.7 Å². The lowest BCUT2D eigenvalue weighted by atomic mass is 9.86. The van der Waals surface area contributed by atoms with Crippen molar-refractivity contribution < 1.29 is 0 Å². The number of para-hydroxylation sites is 2. The van der Waals surface area contributed by atoms with Gasteiger partial charge in [-0.25, -0.2) is 4.98 Å². The van der Waals surface area contributed by atoms with Crippen molar-refractivity contribution in [2.45, 2.75) is 40.7 Å². The number of hydrogen-bond acceptors (Lipinski definition) is 3. The van der Waals surface area contributed by atoms with Gasteiger partial charge < -0.3 is 0 Å². The fraction of sp³-hybridized carbons (Fsp3) is 0.318. The Balaban J connectivity index is 1.82. The second-order valence-corrected chi connectivity index (χ2v) is 7.42. The zero-order valence-electron chi connectivity index (χ0n) is 16.0. The molecule has 0 aliphatic heterocycles. The van der Waals surface area contributed by atoms with Gasteiger partial charge in [-0.3, -0.25) is 9.67 Å². The number of fused-ring (bicyclic) bond motifs is 1. The summed E-state index contributed by atoms with van der Waals surface area (Å²) in [5.41, 5.74) is 5.08. The minimum absolute atomic E-state index is 0.117. The van der Waals surface area contributed by atoms with Gasteiger partial charge in [0.25, 0.3) is 0 Å². The lowest BCUT2D eigenvalue weighted by Crippen LogP contribution is -2.09. The molecule has 0 radical (unpaired) electrons. The van der Waals surface area contributed by atoms with Crippen LogP contribution >= 0.6 is 0 Å². The molecular formula is C22H26N4. The monoisotopic (exact) mass is 346 g/mol. The van der Waals surface area contributed by atoms with Gasteiger partial charge in [-0.1, -0.05) is 58.1 Å². The van der Waals surface area contributed by atoms with Crippen molar-refractivity contribution in [3.63, 3.8) is 0 Å². The average Bonchev–Trinajstić information content (AvgIpc) is 3.09. The second kappa shape index (κ2) is 7.65. The molecule has 0 fully saturated rings. The molecule has 3 aromatic rings. The largest absolute Gasteiger partial charge is 0.268 e. The van der Waals surface area contributed by atoms with Gasteiger partial charge >= 0.3 is 0 Å². The van der Waals surface area contributed by atoms with Crippen LogP contribution in [-0.2, 0) is 6.54 Å². The Hall–Kier alpha value is -2.75. The first-order chi connectivity index (χ1) is 12.5. The molecule has 0 N–H and O–H groups in total. The lowest BCUT2D eigenvalue weighted by Gasteiger charge is -2.20. The van der Waals surface area contributed by atoms with E-state index in [0.29, 0.717) is 0 Å². The summed E-state index contributed by atoms with van der Waals surface area (Å²) >= 11 is 0. The Labute approximate surface area is 155 Å². The maximum Gasteiger partial charge on any atom is 0.0924 e. The fourth-order valence-corrected chi connectivity index (χ4v) is 2.75. The van der Waals surface area contributed by atoms with Crippen LogP contribution < -0.4 is 0 Å². The number of nitrogens with zero attached hydrogens (tertiary/aromatic N) is 4. The van der Waals surface area contributed by atoms with E-state index in [9.17, 15) is 0 Å². The molecule has 0 aliphatic rings. The minimum atomic E-state index is 0.117. The number of allylic oxidation sites excluding steroid dienone is 4. The molecule has 0 saturated heterocycles. The Morgan fingerprint density at radius 1 is 1.12 bits per heavy atom. The summed E-state index contributed by atoms with van der Waals surface area (Å²) in [5, 5.41) is 4.49. The third kappa shape index (κ3) is 4.26. The van der Waals surface area contributed by atoms with E-state index in [0.717, 1.165) is 35.3 Å². The fourth-order valence-electron chi connectivity index (χ4n) is 2.75. The zero-order valence-corrected chi connectivity index (χ0v) is 16.0. The van der Waals surface area contributed by atoms with E-state index in [1.165, 1.54) is 5.57 Å². The van der Waals surface area contributed by atoms with Crippen molar-refractivity contribution in [3.8, 4) is 11.3 Å². The van der Waals surface area contributed by atoms with E-state index in [1.54, 1.807) is 0 Å². The van der Waals surface area contributed by atoms with E-state index in [-0.39, 0.29) is 5.41 Å². The molecule has 2 heterocycles. The Bertz CT molecular complexity index is 942. The van der Waals surface area contributed by atoms with E-state index in [2.05, 4.69) is 56.0 Å². The standard InChI is InChI=1S/C22H26N4/c1-5-6-9-18(22(2,3)4)12-13-26-16-17(14-24-26)21-15-23-19-10-7-8-11-20(19)25-21/h6-12,14-16H,5,13H2,1-4H3/b9-6-,18-12+. The van der Waals surface area contributed by atoms with Crippen molar-refractivity contribution in [1.82, 2.24) is 19.7 Å². The predicted molar refractivity (Wildman–Crippen MR) is 108 cm³/mol. The molecule has 3 rings (SSSR count). The summed E-state index contributed by atoms with van der Waals surface area (Å²) in [7, 11) is 0. The Morgan fingerprint density at radius 2 is 1.88 bits per heavy atom. The first kappa shape index (κ1) is 18.1. The van der Waals surface area contributed by atoms with Crippen molar-refractivity contribution in [2.75, 3.05) is 0 Å². The molecule has 2 aromatic heterocycles. The number of benzene rings is 1. The molecule has 0 bridgehead atoms. The molecule has 134 valence electrons. The zero-order chi connectivity index (χ0) is 18.6. The van der Waals surface area contributed by atoms with Gasteiger partial charge in [0.2, 0.25) is 0 Å². The molecular weight excluding hydrogens is 320 g/mol. The minimum Gasteiger partial charge on any atom is -0.268 e. The van der Waals surface area contributed by atoms with Gasteiger partial charge in [0.15, 0.2) is 0 Å². The molecule has 0 spiro atoms. The molecule has 0 amide bonds. The number of rotatable bonds is 5. The maximum atomic E-state index is 4.69. The Kier molecular flexibility index (Phi) is 5.31. The van der Waals surface area contributed by atoms with Gasteiger partial charge in [0.1, 0.15) is 0 Å². The van der Waals surface area contributed by atoms with Crippen LogP contribution in [0.2, 0.25) is 0 Å².